The third-order valence-electron chi connectivity index (χ3n) is 6.14. The van der Waals surface area contributed by atoms with Crippen LogP contribution in [0.15, 0.2) is 47.1 Å². The van der Waals surface area contributed by atoms with E-state index < -0.39 is 0 Å². The minimum Gasteiger partial charge on any atom is -0.423 e. The molecule has 6 rings (SSSR count). The van der Waals surface area contributed by atoms with Gasteiger partial charge in [0.1, 0.15) is 23.4 Å². The lowest BCUT2D eigenvalue weighted by Gasteiger charge is -2.36. The van der Waals surface area contributed by atoms with Crippen molar-refractivity contribution in [2.45, 2.75) is 19.9 Å². The molecule has 9 nitrogen and oxygen atoms in total. The van der Waals surface area contributed by atoms with Crippen molar-refractivity contribution in [3.63, 3.8) is 0 Å². The quantitative estimate of drug-likeness (QED) is 0.430. The van der Waals surface area contributed by atoms with Gasteiger partial charge in [0, 0.05) is 24.3 Å². The summed E-state index contributed by atoms with van der Waals surface area (Å²) < 4.78 is 7.91. The monoisotopic (exact) mass is 440 g/mol. The summed E-state index contributed by atoms with van der Waals surface area (Å²) in [7, 11) is 2.09. The lowest BCUT2D eigenvalue weighted by atomic mass is 10.1. The fourth-order valence-electron chi connectivity index (χ4n) is 4.54. The lowest BCUT2D eigenvalue weighted by Crippen LogP contribution is -2.45. The van der Waals surface area contributed by atoms with E-state index in [2.05, 4.69) is 45.2 Å². The number of hydrogen-bond acceptors (Lipinski definition) is 8. The van der Waals surface area contributed by atoms with Crippen molar-refractivity contribution in [3.8, 4) is 11.3 Å². The second-order valence-electron chi connectivity index (χ2n) is 8.78. The highest BCUT2D eigenvalue weighted by molar-refractivity contribution is 5.98. The van der Waals surface area contributed by atoms with Gasteiger partial charge in [-0.05, 0) is 50.2 Å². The molecule has 3 N–H and O–H groups in total. The predicted molar refractivity (Wildman–Crippen MR) is 128 cm³/mol. The highest BCUT2D eigenvalue weighted by Gasteiger charge is 2.29. The number of likely N-dealkylation sites (N-methyl/N-ethyl adjacent to an activating group) is 1. The van der Waals surface area contributed by atoms with Gasteiger partial charge in [-0.15, -0.1) is 0 Å². The standard InChI is InChI=1S/C24H24N8O/c1-13-8-14(2)21-18(9-13)29-24(33-21)28-16-6-4-15(5-7-16)20-19-22(25)26-12-27-23(19)32(30-20)17-10-31(3)11-17/h4-9,12,17H,10-11H2,1-3H3,(H,28,29)(H2,25,26,27). The molecule has 4 heterocycles. The maximum absolute atomic E-state index is 6.24. The summed E-state index contributed by atoms with van der Waals surface area (Å²) in [6.07, 6.45) is 1.50. The Morgan fingerprint density at radius 1 is 1.09 bits per heavy atom. The number of nitrogens with zero attached hydrogens (tertiary/aromatic N) is 6. The first-order valence-corrected chi connectivity index (χ1v) is 10.9. The van der Waals surface area contributed by atoms with Gasteiger partial charge < -0.3 is 20.4 Å². The number of nitrogen functional groups attached to an aromatic ring is 1. The van der Waals surface area contributed by atoms with E-state index in [1.165, 1.54) is 6.33 Å². The number of likely N-dealkylation sites (tertiary alicyclic amines) is 1. The van der Waals surface area contributed by atoms with Crippen molar-refractivity contribution in [2.75, 3.05) is 31.2 Å². The molecule has 1 aliphatic heterocycles. The normalized spacial score (nSPS) is 14.8. The molecule has 3 aromatic heterocycles. The molecule has 1 fully saturated rings. The van der Waals surface area contributed by atoms with Crippen LogP contribution in [0.5, 0.6) is 0 Å². The Morgan fingerprint density at radius 2 is 1.88 bits per heavy atom. The summed E-state index contributed by atoms with van der Waals surface area (Å²) in [5, 5.41) is 8.94. The third-order valence-corrected chi connectivity index (χ3v) is 6.14. The predicted octanol–water partition coefficient (Wildman–Crippen LogP) is 4.06. The zero-order chi connectivity index (χ0) is 22.7. The SMILES string of the molecule is Cc1cc(C)c2oc(Nc3ccc(-c4nn(C5CN(C)C5)c5ncnc(N)c45)cc3)nc2c1. The summed E-state index contributed by atoms with van der Waals surface area (Å²) in [6.45, 7) is 5.96. The number of oxazole rings is 1. The fourth-order valence-corrected chi connectivity index (χ4v) is 4.54. The van der Waals surface area contributed by atoms with Gasteiger partial charge in [-0.1, -0.05) is 18.2 Å². The molecule has 9 heteroatoms. The van der Waals surface area contributed by atoms with Crippen LogP contribution in [0.4, 0.5) is 17.5 Å². The zero-order valence-corrected chi connectivity index (χ0v) is 18.7. The van der Waals surface area contributed by atoms with Gasteiger partial charge in [0.25, 0.3) is 6.01 Å². The summed E-state index contributed by atoms with van der Waals surface area (Å²) >= 11 is 0. The summed E-state index contributed by atoms with van der Waals surface area (Å²) in [6, 6.07) is 12.8. The molecule has 33 heavy (non-hydrogen) atoms. The van der Waals surface area contributed by atoms with E-state index in [0.717, 1.165) is 63.3 Å². The number of nitrogens with one attached hydrogen (secondary N) is 1. The molecular formula is C24H24N8O. The van der Waals surface area contributed by atoms with E-state index in [9.17, 15) is 0 Å². The fraction of sp³-hybridized carbons (Fsp3) is 0.250. The van der Waals surface area contributed by atoms with Crippen molar-refractivity contribution in [1.29, 1.82) is 0 Å². The molecule has 166 valence electrons. The molecule has 0 aliphatic carbocycles. The minimum absolute atomic E-state index is 0.285. The maximum Gasteiger partial charge on any atom is 0.300 e. The molecule has 0 saturated carbocycles. The van der Waals surface area contributed by atoms with Crippen molar-refractivity contribution >= 4 is 39.7 Å². The Kier molecular flexibility index (Phi) is 4.34. The van der Waals surface area contributed by atoms with Gasteiger partial charge in [0.05, 0.1) is 11.4 Å². The number of anilines is 3. The van der Waals surface area contributed by atoms with E-state index in [-0.39, 0.29) is 6.04 Å². The van der Waals surface area contributed by atoms with Gasteiger partial charge in [0.15, 0.2) is 11.2 Å². The van der Waals surface area contributed by atoms with Crippen molar-refractivity contribution < 1.29 is 4.42 Å². The Bertz CT molecular complexity index is 1500. The van der Waals surface area contributed by atoms with E-state index in [0.29, 0.717) is 11.8 Å². The van der Waals surface area contributed by atoms with Gasteiger partial charge in [-0.3, -0.25) is 0 Å². The molecule has 0 radical (unpaired) electrons. The van der Waals surface area contributed by atoms with Gasteiger partial charge in [0.2, 0.25) is 0 Å². The number of benzene rings is 2. The highest BCUT2D eigenvalue weighted by Crippen LogP contribution is 2.34. The van der Waals surface area contributed by atoms with Crippen LogP contribution in [0.25, 0.3) is 33.4 Å². The average molecular weight is 441 g/mol. The summed E-state index contributed by atoms with van der Waals surface area (Å²) in [5.74, 6) is 0.438. The zero-order valence-electron chi connectivity index (χ0n) is 18.7. The first kappa shape index (κ1) is 19.7. The van der Waals surface area contributed by atoms with Crippen molar-refractivity contribution in [2.24, 2.45) is 0 Å². The summed E-state index contributed by atoms with van der Waals surface area (Å²) in [4.78, 5) is 15.5. The Morgan fingerprint density at radius 3 is 2.64 bits per heavy atom. The molecule has 1 aliphatic rings. The van der Waals surface area contributed by atoms with Crippen LogP contribution in [0.2, 0.25) is 0 Å². The number of fused-ring (bicyclic) bond motifs is 2. The summed E-state index contributed by atoms with van der Waals surface area (Å²) in [5.41, 5.74) is 13.5. The molecule has 5 aromatic rings. The molecule has 0 spiro atoms. The van der Waals surface area contributed by atoms with Crippen LogP contribution in [0.3, 0.4) is 0 Å². The second-order valence-corrected chi connectivity index (χ2v) is 8.78. The van der Waals surface area contributed by atoms with Crippen molar-refractivity contribution in [1.82, 2.24) is 29.6 Å². The minimum atomic E-state index is 0.285. The Hall–Kier alpha value is -3.98. The van der Waals surface area contributed by atoms with Gasteiger partial charge in [-0.25, -0.2) is 14.6 Å². The molecule has 0 amide bonds. The van der Waals surface area contributed by atoms with Gasteiger partial charge in [-0.2, -0.15) is 10.1 Å². The van der Waals surface area contributed by atoms with Gasteiger partial charge >= 0.3 is 0 Å². The second kappa shape index (κ2) is 7.28. The van der Waals surface area contributed by atoms with Crippen LogP contribution < -0.4 is 11.1 Å². The first-order chi connectivity index (χ1) is 16.0. The molecule has 2 aromatic carbocycles. The highest BCUT2D eigenvalue weighted by atomic mass is 16.4. The van der Waals surface area contributed by atoms with Crippen LogP contribution in [0.1, 0.15) is 17.2 Å². The lowest BCUT2D eigenvalue weighted by molar-refractivity contribution is 0.134. The molecule has 0 unspecified atom stereocenters. The van der Waals surface area contributed by atoms with E-state index >= 15 is 0 Å². The van der Waals surface area contributed by atoms with E-state index in [1.807, 2.05) is 41.9 Å². The third kappa shape index (κ3) is 3.28. The Balaban J connectivity index is 1.33. The number of nitrogens with two attached hydrogens (primary N) is 1. The Labute approximate surface area is 190 Å². The number of rotatable bonds is 4. The molecular weight excluding hydrogens is 416 g/mol. The van der Waals surface area contributed by atoms with Crippen molar-refractivity contribution in [3.05, 3.63) is 53.9 Å². The molecule has 0 bridgehead atoms. The number of hydrogen-bond donors (Lipinski definition) is 2. The van der Waals surface area contributed by atoms with E-state index in [1.54, 1.807) is 0 Å². The molecule has 0 atom stereocenters. The number of aryl methyl sites for hydroxylation is 2. The number of aromatic nitrogens is 5. The molecule has 1 saturated heterocycles. The van der Waals surface area contributed by atoms with Crippen LogP contribution in [0, 0.1) is 13.8 Å². The smallest absolute Gasteiger partial charge is 0.300 e. The topological polar surface area (TPSA) is 111 Å². The average Bonchev–Trinajstić information content (AvgIpc) is 3.34. The van der Waals surface area contributed by atoms with Crippen LogP contribution >= 0.6 is 0 Å². The first-order valence-electron chi connectivity index (χ1n) is 10.9. The largest absolute Gasteiger partial charge is 0.423 e. The van der Waals surface area contributed by atoms with Crippen LogP contribution in [-0.2, 0) is 0 Å². The maximum atomic E-state index is 6.24. The van der Waals surface area contributed by atoms with E-state index in [4.69, 9.17) is 15.2 Å². The van der Waals surface area contributed by atoms with Crippen LogP contribution in [-0.4, -0.2) is 49.8 Å².